The number of methoxy groups -OCH3 is 2. The third kappa shape index (κ3) is 5.01. The van der Waals surface area contributed by atoms with Crippen molar-refractivity contribution in [2.45, 2.75) is 26.3 Å². The van der Waals surface area contributed by atoms with Crippen LogP contribution in [0.5, 0.6) is 11.5 Å². The van der Waals surface area contributed by atoms with E-state index >= 15 is 0 Å². The molecule has 6 nitrogen and oxygen atoms in total. The lowest BCUT2D eigenvalue weighted by Crippen LogP contribution is -2.43. The van der Waals surface area contributed by atoms with Crippen LogP contribution in [0.1, 0.15) is 24.5 Å². The number of rotatable bonds is 9. The Morgan fingerprint density at radius 3 is 2.59 bits per heavy atom. The van der Waals surface area contributed by atoms with Crippen LogP contribution in [0.2, 0.25) is 0 Å². The molecule has 6 heteroatoms. The number of carbonyl (C=O) groups excluding carboxylic acids is 1. The fourth-order valence-corrected chi connectivity index (χ4v) is 3.85. The van der Waals surface area contributed by atoms with E-state index in [9.17, 15) is 4.79 Å². The van der Waals surface area contributed by atoms with Crippen molar-refractivity contribution in [2.75, 3.05) is 50.2 Å². The Hall–Kier alpha value is -2.73. The van der Waals surface area contributed by atoms with Crippen molar-refractivity contribution in [1.82, 2.24) is 5.32 Å². The lowest BCUT2D eigenvalue weighted by Gasteiger charge is -2.30. The maximum Gasteiger partial charge on any atom is 0.214 e. The Kier molecular flexibility index (Phi) is 7.36. The molecule has 2 aromatic rings. The van der Waals surface area contributed by atoms with Crippen LogP contribution < -0.4 is 24.6 Å². The predicted octanol–water partition coefficient (Wildman–Crippen LogP) is 3.23. The molecule has 1 N–H and O–H groups in total. The maximum absolute atomic E-state index is 12.1. The fraction of sp³-hybridized carbons (Fsp3) is 0.435. The SMILES string of the molecule is CCCc1cccc(OC)c1N(C=O)Cc1cc(OC)cc(N2CCNCC2)c1. The van der Waals surface area contributed by atoms with E-state index in [0.29, 0.717) is 12.3 Å². The van der Waals surface area contributed by atoms with Gasteiger partial charge in [-0.25, -0.2) is 0 Å². The van der Waals surface area contributed by atoms with Gasteiger partial charge >= 0.3 is 0 Å². The monoisotopic (exact) mass is 397 g/mol. The normalized spacial score (nSPS) is 13.8. The molecule has 3 rings (SSSR count). The van der Waals surface area contributed by atoms with Crippen molar-refractivity contribution < 1.29 is 14.3 Å². The van der Waals surface area contributed by atoms with Crippen molar-refractivity contribution in [3.05, 3.63) is 47.5 Å². The van der Waals surface area contributed by atoms with Crippen LogP contribution in [0.4, 0.5) is 11.4 Å². The van der Waals surface area contributed by atoms with Crippen LogP contribution in [0.15, 0.2) is 36.4 Å². The van der Waals surface area contributed by atoms with E-state index in [1.807, 2.05) is 18.2 Å². The number of anilines is 2. The van der Waals surface area contributed by atoms with Gasteiger partial charge in [-0.3, -0.25) is 4.79 Å². The van der Waals surface area contributed by atoms with Gasteiger partial charge in [0.25, 0.3) is 0 Å². The van der Waals surface area contributed by atoms with E-state index in [-0.39, 0.29) is 0 Å². The third-order valence-corrected chi connectivity index (χ3v) is 5.26. The van der Waals surface area contributed by atoms with Crippen molar-refractivity contribution in [1.29, 1.82) is 0 Å². The Balaban J connectivity index is 1.94. The number of benzene rings is 2. The first-order valence-corrected chi connectivity index (χ1v) is 10.2. The zero-order valence-electron chi connectivity index (χ0n) is 17.6. The third-order valence-electron chi connectivity index (χ3n) is 5.26. The number of nitrogens with one attached hydrogen (secondary N) is 1. The quantitative estimate of drug-likeness (QED) is 0.659. The molecule has 0 unspecified atom stereocenters. The molecule has 29 heavy (non-hydrogen) atoms. The Morgan fingerprint density at radius 2 is 1.93 bits per heavy atom. The second-order valence-corrected chi connectivity index (χ2v) is 7.23. The smallest absolute Gasteiger partial charge is 0.214 e. The molecular weight excluding hydrogens is 366 g/mol. The molecule has 0 radical (unpaired) electrons. The number of nitrogens with zero attached hydrogens (tertiary/aromatic N) is 2. The Labute approximate surface area is 173 Å². The first-order chi connectivity index (χ1) is 14.2. The molecule has 1 fully saturated rings. The number of hydrogen-bond acceptors (Lipinski definition) is 5. The first kappa shape index (κ1) is 21.0. The van der Waals surface area contributed by atoms with E-state index in [1.165, 1.54) is 0 Å². The van der Waals surface area contributed by atoms with Gasteiger partial charge < -0.3 is 24.6 Å². The molecule has 0 spiro atoms. The van der Waals surface area contributed by atoms with E-state index in [2.05, 4.69) is 35.3 Å². The highest BCUT2D eigenvalue weighted by atomic mass is 16.5. The van der Waals surface area contributed by atoms with Crippen LogP contribution in [0, 0.1) is 0 Å². The van der Waals surface area contributed by atoms with E-state index in [1.54, 1.807) is 19.1 Å². The van der Waals surface area contributed by atoms with Crippen molar-refractivity contribution >= 4 is 17.8 Å². The summed E-state index contributed by atoms with van der Waals surface area (Å²) in [6, 6.07) is 12.2. The van der Waals surface area contributed by atoms with Crippen molar-refractivity contribution in [3.8, 4) is 11.5 Å². The molecule has 0 saturated carbocycles. The predicted molar refractivity (Wildman–Crippen MR) is 117 cm³/mol. The molecule has 1 aliphatic heterocycles. The molecule has 0 aliphatic carbocycles. The van der Waals surface area contributed by atoms with Crippen LogP contribution in [-0.2, 0) is 17.8 Å². The number of ether oxygens (including phenoxy) is 2. The molecule has 2 aromatic carbocycles. The number of carbonyl (C=O) groups is 1. The molecule has 0 atom stereocenters. The minimum atomic E-state index is 0.455. The highest BCUT2D eigenvalue weighted by Crippen LogP contribution is 2.34. The van der Waals surface area contributed by atoms with Crippen LogP contribution in [0.25, 0.3) is 0 Å². The average Bonchev–Trinajstić information content (AvgIpc) is 2.78. The largest absolute Gasteiger partial charge is 0.497 e. The minimum absolute atomic E-state index is 0.455. The molecule has 0 bridgehead atoms. The highest BCUT2D eigenvalue weighted by molar-refractivity contribution is 5.81. The van der Waals surface area contributed by atoms with Gasteiger partial charge in [-0.1, -0.05) is 25.5 Å². The van der Waals surface area contributed by atoms with Gasteiger partial charge in [0, 0.05) is 37.9 Å². The van der Waals surface area contributed by atoms with Gasteiger partial charge in [-0.2, -0.15) is 0 Å². The topological polar surface area (TPSA) is 54.0 Å². The van der Waals surface area contributed by atoms with Crippen LogP contribution in [0.3, 0.4) is 0 Å². The number of para-hydroxylation sites is 1. The highest BCUT2D eigenvalue weighted by Gasteiger charge is 2.18. The second-order valence-electron chi connectivity index (χ2n) is 7.23. The molecule has 1 aliphatic rings. The zero-order chi connectivity index (χ0) is 20.6. The lowest BCUT2D eigenvalue weighted by molar-refractivity contribution is -0.107. The molecule has 1 amide bonds. The number of hydrogen-bond donors (Lipinski definition) is 1. The fourth-order valence-electron chi connectivity index (χ4n) is 3.85. The number of aryl methyl sites for hydroxylation is 1. The van der Waals surface area contributed by atoms with Gasteiger partial charge in [0.05, 0.1) is 26.5 Å². The summed E-state index contributed by atoms with van der Waals surface area (Å²) in [5.41, 5.74) is 4.11. The molecule has 156 valence electrons. The summed E-state index contributed by atoms with van der Waals surface area (Å²) in [5.74, 6) is 1.52. The summed E-state index contributed by atoms with van der Waals surface area (Å²) < 4.78 is 11.1. The zero-order valence-corrected chi connectivity index (χ0v) is 17.6. The minimum Gasteiger partial charge on any atom is -0.497 e. The van der Waals surface area contributed by atoms with Gasteiger partial charge in [0.1, 0.15) is 11.5 Å². The summed E-state index contributed by atoms with van der Waals surface area (Å²) in [6.45, 7) is 6.44. The number of piperazine rings is 1. The van der Waals surface area contributed by atoms with Crippen molar-refractivity contribution in [2.24, 2.45) is 0 Å². The average molecular weight is 398 g/mol. The van der Waals surface area contributed by atoms with Gasteiger partial charge in [0.2, 0.25) is 6.41 Å². The van der Waals surface area contributed by atoms with Crippen LogP contribution in [-0.4, -0.2) is 46.8 Å². The summed E-state index contributed by atoms with van der Waals surface area (Å²) >= 11 is 0. The molecule has 0 aromatic heterocycles. The standard InChI is InChI=1S/C23H31N3O3/c1-4-6-19-7-5-8-22(29-3)23(19)26(17-27)16-18-13-20(15-21(14-18)28-2)25-11-9-24-10-12-25/h5,7-8,13-15,17,24H,4,6,9-12,16H2,1-3H3. The number of amides is 1. The van der Waals surface area contributed by atoms with Crippen LogP contribution >= 0.6 is 0 Å². The molecule has 1 saturated heterocycles. The van der Waals surface area contributed by atoms with E-state index in [0.717, 1.165) is 73.7 Å². The summed E-state index contributed by atoms with van der Waals surface area (Å²) in [7, 11) is 3.32. The molecule has 1 heterocycles. The van der Waals surface area contributed by atoms with Gasteiger partial charge in [-0.15, -0.1) is 0 Å². The summed E-state index contributed by atoms with van der Waals surface area (Å²) in [6.07, 6.45) is 2.78. The Bertz CT molecular complexity index is 819. The summed E-state index contributed by atoms with van der Waals surface area (Å²) in [4.78, 5) is 16.2. The first-order valence-electron chi connectivity index (χ1n) is 10.2. The van der Waals surface area contributed by atoms with E-state index < -0.39 is 0 Å². The molecular formula is C23H31N3O3. The van der Waals surface area contributed by atoms with Gasteiger partial charge in [0.15, 0.2) is 0 Å². The van der Waals surface area contributed by atoms with E-state index in [4.69, 9.17) is 9.47 Å². The lowest BCUT2D eigenvalue weighted by atomic mass is 10.1. The maximum atomic E-state index is 12.1. The van der Waals surface area contributed by atoms with Gasteiger partial charge in [-0.05, 0) is 35.7 Å². The summed E-state index contributed by atoms with van der Waals surface area (Å²) in [5, 5.41) is 3.38. The second kappa shape index (κ2) is 10.2. The Morgan fingerprint density at radius 1 is 1.14 bits per heavy atom. The van der Waals surface area contributed by atoms with Crippen molar-refractivity contribution in [3.63, 3.8) is 0 Å².